The third-order valence-electron chi connectivity index (χ3n) is 3.19. The number of pyridine rings is 1. The molecule has 88 valence electrons. The molecule has 0 spiro atoms. The van der Waals surface area contributed by atoms with Gasteiger partial charge >= 0.3 is 0 Å². The van der Waals surface area contributed by atoms with Gasteiger partial charge in [-0.25, -0.2) is 0 Å². The molecule has 2 heterocycles. The number of rotatable bonds is 3. The predicted octanol–water partition coefficient (Wildman–Crippen LogP) is 0.521. The van der Waals surface area contributed by atoms with E-state index >= 15 is 0 Å². The Bertz CT molecular complexity index is 408. The van der Waals surface area contributed by atoms with Crippen LogP contribution >= 0.6 is 0 Å². The van der Waals surface area contributed by atoms with Crippen LogP contribution in [0.2, 0.25) is 0 Å². The van der Waals surface area contributed by atoms with Gasteiger partial charge < -0.3 is 15.0 Å². The van der Waals surface area contributed by atoms with Gasteiger partial charge in [0.1, 0.15) is 0 Å². The molecule has 0 radical (unpaired) electrons. The average molecular weight is 222 g/mol. The minimum Gasteiger partial charge on any atom is -0.381 e. The van der Waals surface area contributed by atoms with Crippen LogP contribution in [0, 0.1) is 12.8 Å². The van der Waals surface area contributed by atoms with Crippen LogP contribution in [0.3, 0.4) is 0 Å². The summed E-state index contributed by atoms with van der Waals surface area (Å²) in [5, 5.41) is 0. The van der Waals surface area contributed by atoms with E-state index < -0.39 is 0 Å². The van der Waals surface area contributed by atoms with Crippen LogP contribution in [0.25, 0.3) is 0 Å². The van der Waals surface area contributed by atoms with Crippen LogP contribution in [0.15, 0.2) is 23.1 Å². The number of aryl methyl sites for hydroxylation is 1. The van der Waals surface area contributed by atoms with Crippen LogP contribution in [0.4, 0.5) is 0 Å². The maximum atomic E-state index is 11.8. The fraction of sp³-hybridized carbons (Fsp3) is 0.583. The first-order valence-electron chi connectivity index (χ1n) is 5.68. The largest absolute Gasteiger partial charge is 0.381 e. The second-order valence-corrected chi connectivity index (χ2v) is 4.44. The molecule has 2 atom stereocenters. The lowest BCUT2D eigenvalue weighted by Gasteiger charge is -2.18. The van der Waals surface area contributed by atoms with Crippen LogP contribution < -0.4 is 11.3 Å². The van der Waals surface area contributed by atoms with Crippen LogP contribution in [0.5, 0.6) is 0 Å². The summed E-state index contributed by atoms with van der Waals surface area (Å²) < 4.78 is 7.00. The van der Waals surface area contributed by atoms with E-state index in [4.69, 9.17) is 10.5 Å². The van der Waals surface area contributed by atoms with Gasteiger partial charge in [-0.15, -0.1) is 0 Å². The van der Waals surface area contributed by atoms with Crippen molar-refractivity contribution in [2.75, 3.05) is 13.2 Å². The number of nitrogens with zero attached hydrogens (tertiary/aromatic N) is 1. The lowest BCUT2D eigenvalue weighted by atomic mass is 10.00. The van der Waals surface area contributed by atoms with Crippen molar-refractivity contribution in [3.8, 4) is 0 Å². The van der Waals surface area contributed by atoms with Crippen molar-refractivity contribution < 1.29 is 4.74 Å². The van der Waals surface area contributed by atoms with E-state index in [9.17, 15) is 4.79 Å². The van der Waals surface area contributed by atoms with Gasteiger partial charge in [0.25, 0.3) is 5.56 Å². The molecule has 0 aromatic carbocycles. The lowest BCUT2D eigenvalue weighted by molar-refractivity contribution is 0.178. The van der Waals surface area contributed by atoms with Gasteiger partial charge in [-0.3, -0.25) is 4.79 Å². The van der Waals surface area contributed by atoms with E-state index in [1.54, 1.807) is 10.8 Å². The Morgan fingerprint density at radius 2 is 2.50 bits per heavy atom. The van der Waals surface area contributed by atoms with Gasteiger partial charge in [-0.1, -0.05) is 6.07 Å². The molecule has 1 aliphatic rings. The molecular formula is C12H18N2O2. The minimum absolute atomic E-state index is 0.00185. The number of hydrogen-bond donors (Lipinski definition) is 1. The van der Waals surface area contributed by atoms with Crippen LogP contribution in [-0.4, -0.2) is 23.8 Å². The molecule has 0 amide bonds. The fourth-order valence-electron chi connectivity index (χ4n) is 2.07. The molecule has 4 nitrogen and oxygen atoms in total. The van der Waals surface area contributed by atoms with E-state index in [0.717, 1.165) is 25.2 Å². The van der Waals surface area contributed by atoms with Crippen molar-refractivity contribution in [1.82, 2.24) is 4.57 Å². The zero-order valence-electron chi connectivity index (χ0n) is 9.56. The second-order valence-electron chi connectivity index (χ2n) is 4.44. The fourth-order valence-corrected chi connectivity index (χ4v) is 2.07. The first kappa shape index (κ1) is 11.4. The molecule has 16 heavy (non-hydrogen) atoms. The van der Waals surface area contributed by atoms with Gasteiger partial charge in [-0.05, 0) is 19.4 Å². The number of nitrogens with two attached hydrogens (primary N) is 1. The molecule has 1 aliphatic heterocycles. The standard InChI is InChI=1S/C12H18N2O2/c1-9-3-2-5-14(12(9)15)7-11(13)10-4-6-16-8-10/h2-3,5,10-11H,4,6-8,13H2,1H3. The third kappa shape index (κ3) is 2.33. The number of aromatic nitrogens is 1. The smallest absolute Gasteiger partial charge is 0.253 e. The molecule has 2 N–H and O–H groups in total. The molecule has 1 fully saturated rings. The summed E-state index contributed by atoms with van der Waals surface area (Å²) in [6, 6.07) is 3.71. The van der Waals surface area contributed by atoms with Gasteiger partial charge in [0, 0.05) is 36.9 Å². The van der Waals surface area contributed by atoms with E-state index in [1.807, 2.05) is 19.1 Å². The summed E-state index contributed by atoms with van der Waals surface area (Å²) in [5.41, 5.74) is 6.90. The normalized spacial score (nSPS) is 22.2. The highest BCUT2D eigenvalue weighted by molar-refractivity contribution is 5.07. The van der Waals surface area contributed by atoms with Gasteiger partial charge in [0.05, 0.1) is 6.61 Å². The molecule has 2 rings (SSSR count). The molecule has 4 heteroatoms. The van der Waals surface area contributed by atoms with Gasteiger partial charge in [0.15, 0.2) is 0 Å². The number of hydrogen-bond acceptors (Lipinski definition) is 3. The van der Waals surface area contributed by atoms with Crippen LogP contribution in [-0.2, 0) is 11.3 Å². The molecule has 1 aromatic rings. The third-order valence-corrected chi connectivity index (χ3v) is 3.19. The lowest BCUT2D eigenvalue weighted by Crippen LogP contribution is -2.38. The van der Waals surface area contributed by atoms with Crippen molar-refractivity contribution in [2.45, 2.75) is 25.9 Å². The molecular weight excluding hydrogens is 204 g/mol. The highest BCUT2D eigenvalue weighted by Crippen LogP contribution is 2.16. The molecule has 1 saturated heterocycles. The maximum absolute atomic E-state index is 11.8. The zero-order valence-corrected chi connectivity index (χ0v) is 9.56. The summed E-state index contributed by atoms with van der Waals surface area (Å²) >= 11 is 0. The first-order chi connectivity index (χ1) is 7.68. The Hall–Kier alpha value is -1.13. The Morgan fingerprint density at radius 1 is 1.69 bits per heavy atom. The Labute approximate surface area is 95.0 Å². The second kappa shape index (κ2) is 4.80. The van der Waals surface area contributed by atoms with E-state index in [1.165, 1.54) is 0 Å². The van der Waals surface area contributed by atoms with E-state index in [-0.39, 0.29) is 11.6 Å². The van der Waals surface area contributed by atoms with Crippen LogP contribution in [0.1, 0.15) is 12.0 Å². The van der Waals surface area contributed by atoms with E-state index in [0.29, 0.717) is 12.5 Å². The van der Waals surface area contributed by atoms with Crippen molar-refractivity contribution in [1.29, 1.82) is 0 Å². The van der Waals surface area contributed by atoms with E-state index in [2.05, 4.69) is 0 Å². The summed E-state index contributed by atoms with van der Waals surface area (Å²) in [5.74, 6) is 0.382. The molecule has 2 unspecified atom stereocenters. The molecule has 0 bridgehead atoms. The van der Waals surface area contributed by atoms with Gasteiger partial charge in [-0.2, -0.15) is 0 Å². The average Bonchev–Trinajstić information content (AvgIpc) is 2.78. The zero-order chi connectivity index (χ0) is 11.5. The van der Waals surface area contributed by atoms with Crippen molar-refractivity contribution >= 4 is 0 Å². The topological polar surface area (TPSA) is 57.2 Å². The first-order valence-corrected chi connectivity index (χ1v) is 5.68. The maximum Gasteiger partial charge on any atom is 0.253 e. The summed E-state index contributed by atoms with van der Waals surface area (Å²) in [4.78, 5) is 11.8. The Kier molecular flexibility index (Phi) is 3.41. The monoisotopic (exact) mass is 222 g/mol. The SMILES string of the molecule is Cc1cccn(CC(N)C2CCOC2)c1=O. The summed E-state index contributed by atoms with van der Waals surface area (Å²) in [7, 11) is 0. The molecule has 1 aromatic heterocycles. The molecule has 0 saturated carbocycles. The van der Waals surface area contributed by atoms with Gasteiger partial charge in [0.2, 0.25) is 0 Å². The summed E-state index contributed by atoms with van der Waals surface area (Å²) in [6.45, 7) is 3.92. The van der Waals surface area contributed by atoms with Crippen molar-refractivity contribution in [3.63, 3.8) is 0 Å². The summed E-state index contributed by atoms with van der Waals surface area (Å²) in [6.07, 6.45) is 2.80. The quantitative estimate of drug-likeness (QED) is 0.811. The van der Waals surface area contributed by atoms with Crippen molar-refractivity contribution in [3.05, 3.63) is 34.2 Å². The predicted molar refractivity (Wildman–Crippen MR) is 62.3 cm³/mol. The Morgan fingerprint density at radius 3 is 3.19 bits per heavy atom. The van der Waals surface area contributed by atoms with Crippen molar-refractivity contribution in [2.24, 2.45) is 11.7 Å². The highest BCUT2D eigenvalue weighted by atomic mass is 16.5. The highest BCUT2D eigenvalue weighted by Gasteiger charge is 2.23. The molecule has 0 aliphatic carbocycles. The Balaban J connectivity index is 2.08. The minimum atomic E-state index is 0.00185. The number of ether oxygens (including phenoxy) is 1.